The van der Waals surface area contributed by atoms with Crippen molar-refractivity contribution >= 4 is 11.9 Å². The number of benzene rings is 1. The molecule has 0 aliphatic rings. The number of hydrogen-bond acceptors (Lipinski definition) is 3. The summed E-state index contributed by atoms with van der Waals surface area (Å²) in [6.45, 7) is 3.19. The fraction of sp³-hybridized carbons (Fsp3) is 0.385. The topological polar surface area (TPSA) is 86.6 Å². The molecule has 0 fully saturated rings. The molecule has 0 heterocycles. The van der Waals surface area contributed by atoms with Crippen LogP contribution in [-0.4, -0.2) is 28.6 Å². The second-order valence-corrected chi connectivity index (χ2v) is 4.81. The predicted octanol–water partition coefficient (Wildman–Crippen LogP) is 1.16. The van der Waals surface area contributed by atoms with Crippen molar-refractivity contribution in [1.82, 2.24) is 5.32 Å². The molecule has 0 aliphatic heterocycles. The van der Waals surface area contributed by atoms with Crippen LogP contribution in [0.15, 0.2) is 24.3 Å². The minimum absolute atomic E-state index is 0.0826. The summed E-state index contributed by atoms with van der Waals surface area (Å²) in [6.07, 6.45) is 0.163. The van der Waals surface area contributed by atoms with Gasteiger partial charge in [-0.05, 0) is 31.5 Å². The summed E-state index contributed by atoms with van der Waals surface area (Å²) in [4.78, 5) is 22.5. The number of aliphatic carboxylic acids is 1. The molecule has 0 bridgehead atoms. The molecule has 1 aromatic rings. The Morgan fingerprint density at radius 3 is 2.28 bits per heavy atom. The van der Waals surface area contributed by atoms with Gasteiger partial charge in [-0.1, -0.05) is 12.1 Å². The summed E-state index contributed by atoms with van der Waals surface area (Å²) >= 11 is 0. The van der Waals surface area contributed by atoms with Gasteiger partial charge in [-0.15, -0.1) is 0 Å². The standard InChI is InChI=1S/C13H17NO4/c1-13(2,12(17)18)8-14-11(16)7-9-3-5-10(15)6-4-9/h3-6,15H,7-8H2,1-2H3,(H,14,16)(H,17,18). The number of carbonyl (C=O) groups excluding carboxylic acids is 1. The summed E-state index contributed by atoms with van der Waals surface area (Å²) in [5.74, 6) is -1.05. The molecule has 3 N–H and O–H groups in total. The first kappa shape index (κ1) is 14.0. The minimum Gasteiger partial charge on any atom is -0.508 e. The van der Waals surface area contributed by atoms with Crippen molar-refractivity contribution in [1.29, 1.82) is 0 Å². The zero-order valence-corrected chi connectivity index (χ0v) is 10.4. The summed E-state index contributed by atoms with van der Waals surface area (Å²) in [5.41, 5.74) is -0.219. The molecule has 5 nitrogen and oxygen atoms in total. The Labute approximate surface area is 105 Å². The maximum atomic E-state index is 11.6. The van der Waals surface area contributed by atoms with Gasteiger partial charge in [-0.3, -0.25) is 9.59 Å². The van der Waals surface area contributed by atoms with Crippen LogP contribution in [0.2, 0.25) is 0 Å². The van der Waals surface area contributed by atoms with Crippen molar-refractivity contribution in [2.24, 2.45) is 5.41 Å². The van der Waals surface area contributed by atoms with Crippen molar-refractivity contribution in [2.75, 3.05) is 6.54 Å². The van der Waals surface area contributed by atoms with Crippen molar-refractivity contribution in [3.63, 3.8) is 0 Å². The van der Waals surface area contributed by atoms with Gasteiger partial charge in [0.1, 0.15) is 5.75 Å². The van der Waals surface area contributed by atoms with Gasteiger partial charge in [-0.2, -0.15) is 0 Å². The van der Waals surface area contributed by atoms with Crippen LogP contribution in [0.4, 0.5) is 0 Å². The normalized spacial score (nSPS) is 11.0. The SMILES string of the molecule is CC(C)(CNC(=O)Cc1ccc(O)cc1)C(=O)O. The van der Waals surface area contributed by atoms with Crippen molar-refractivity contribution in [3.05, 3.63) is 29.8 Å². The van der Waals surface area contributed by atoms with E-state index in [1.807, 2.05) is 0 Å². The number of phenolic OH excluding ortho intramolecular Hbond substituents is 1. The van der Waals surface area contributed by atoms with Gasteiger partial charge in [0.2, 0.25) is 5.91 Å². The highest BCUT2D eigenvalue weighted by Crippen LogP contribution is 2.13. The second-order valence-electron chi connectivity index (χ2n) is 4.81. The maximum Gasteiger partial charge on any atom is 0.310 e. The predicted molar refractivity (Wildman–Crippen MR) is 66.2 cm³/mol. The summed E-state index contributed by atoms with van der Waals surface area (Å²) in [6, 6.07) is 6.31. The fourth-order valence-corrected chi connectivity index (χ4v) is 1.26. The molecule has 98 valence electrons. The number of carbonyl (C=O) groups is 2. The van der Waals surface area contributed by atoms with Gasteiger partial charge in [0, 0.05) is 6.54 Å². The van der Waals surface area contributed by atoms with Crippen LogP contribution in [0.5, 0.6) is 5.75 Å². The molecule has 0 aromatic heterocycles. The van der Waals surface area contributed by atoms with Gasteiger partial charge in [0.25, 0.3) is 0 Å². The fourth-order valence-electron chi connectivity index (χ4n) is 1.26. The Balaban J connectivity index is 2.48. The molecule has 1 amide bonds. The van der Waals surface area contributed by atoms with E-state index in [4.69, 9.17) is 10.2 Å². The molecule has 18 heavy (non-hydrogen) atoms. The lowest BCUT2D eigenvalue weighted by molar-refractivity contribution is -0.146. The van der Waals surface area contributed by atoms with E-state index in [1.165, 1.54) is 12.1 Å². The lowest BCUT2D eigenvalue weighted by Gasteiger charge is -2.19. The summed E-state index contributed by atoms with van der Waals surface area (Å²) in [5, 5.41) is 20.6. The highest BCUT2D eigenvalue weighted by Gasteiger charge is 2.27. The van der Waals surface area contributed by atoms with Crippen LogP contribution < -0.4 is 5.32 Å². The van der Waals surface area contributed by atoms with E-state index < -0.39 is 11.4 Å². The average Bonchev–Trinajstić information content (AvgIpc) is 2.29. The van der Waals surface area contributed by atoms with E-state index in [0.29, 0.717) is 0 Å². The second kappa shape index (κ2) is 5.53. The number of amides is 1. The maximum absolute atomic E-state index is 11.6. The van der Waals surface area contributed by atoms with Crippen LogP contribution >= 0.6 is 0 Å². The average molecular weight is 251 g/mol. The molecule has 0 saturated heterocycles. The lowest BCUT2D eigenvalue weighted by atomic mass is 9.94. The van der Waals surface area contributed by atoms with Crippen LogP contribution in [0.3, 0.4) is 0 Å². The largest absolute Gasteiger partial charge is 0.508 e. The number of aromatic hydroxyl groups is 1. The number of rotatable bonds is 5. The third-order valence-electron chi connectivity index (χ3n) is 2.61. The Hall–Kier alpha value is -2.04. The first-order valence-electron chi connectivity index (χ1n) is 5.59. The highest BCUT2D eigenvalue weighted by atomic mass is 16.4. The number of nitrogens with one attached hydrogen (secondary N) is 1. The molecule has 1 aromatic carbocycles. The van der Waals surface area contributed by atoms with Gasteiger partial charge < -0.3 is 15.5 Å². The molecular formula is C13H17NO4. The van der Waals surface area contributed by atoms with Crippen molar-refractivity contribution in [3.8, 4) is 5.75 Å². The Bertz CT molecular complexity index is 437. The molecule has 0 unspecified atom stereocenters. The van der Waals surface area contributed by atoms with E-state index in [0.717, 1.165) is 5.56 Å². The van der Waals surface area contributed by atoms with Crippen LogP contribution in [0, 0.1) is 5.41 Å². The zero-order chi connectivity index (χ0) is 13.8. The summed E-state index contributed by atoms with van der Waals surface area (Å²) < 4.78 is 0. The van der Waals surface area contributed by atoms with Gasteiger partial charge in [0.15, 0.2) is 0 Å². The Morgan fingerprint density at radius 2 is 1.78 bits per heavy atom. The van der Waals surface area contributed by atoms with Crippen LogP contribution in [0.25, 0.3) is 0 Å². The summed E-state index contributed by atoms with van der Waals surface area (Å²) in [7, 11) is 0. The molecule has 5 heteroatoms. The van der Waals surface area contributed by atoms with E-state index in [1.54, 1.807) is 26.0 Å². The number of carboxylic acid groups (broad SMARTS) is 1. The lowest BCUT2D eigenvalue weighted by Crippen LogP contribution is -2.39. The molecule has 0 saturated carbocycles. The number of carboxylic acids is 1. The van der Waals surface area contributed by atoms with Crippen molar-refractivity contribution in [2.45, 2.75) is 20.3 Å². The molecule has 0 atom stereocenters. The monoisotopic (exact) mass is 251 g/mol. The van der Waals surface area contributed by atoms with Gasteiger partial charge in [0.05, 0.1) is 11.8 Å². The third kappa shape index (κ3) is 4.08. The van der Waals surface area contributed by atoms with Gasteiger partial charge in [-0.25, -0.2) is 0 Å². The number of hydrogen-bond donors (Lipinski definition) is 3. The first-order chi connectivity index (χ1) is 8.31. The molecule has 1 rings (SSSR count). The molecule has 0 aliphatic carbocycles. The van der Waals surface area contributed by atoms with E-state index >= 15 is 0 Å². The molecule has 0 spiro atoms. The van der Waals surface area contributed by atoms with Crippen LogP contribution in [0.1, 0.15) is 19.4 Å². The minimum atomic E-state index is -0.982. The Kier molecular flexibility index (Phi) is 4.31. The third-order valence-corrected chi connectivity index (χ3v) is 2.61. The highest BCUT2D eigenvalue weighted by molar-refractivity contribution is 5.80. The molecule has 0 radical (unpaired) electrons. The van der Waals surface area contributed by atoms with Crippen LogP contribution in [-0.2, 0) is 16.0 Å². The van der Waals surface area contributed by atoms with Crippen molar-refractivity contribution < 1.29 is 19.8 Å². The Morgan fingerprint density at radius 1 is 1.22 bits per heavy atom. The van der Waals surface area contributed by atoms with E-state index in [-0.39, 0.29) is 24.6 Å². The van der Waals surface area contributed by atoms with Gasteiger partial charge >= 0.3 is 5.97 Å². The zero-order valence-electron chi connectivity index (χ0n) is 10.4. The molecular weight excluding hydrogens is 234 g/mol. The number of phenols is 1. The quantitative estimate of drug-likeness (QED) is 0.733. The smallest absolute Gasteiger partial charge is 0.310 e. The first-order valence-corrected chi connectivity index (χ1v) is 5.59. The van der Waals surface area contributed by atoms with E-state index in [2.05, 4.69) is 5.32 Å². The van der Waals surface area contributed by atoms with E-state index in [9.17, 15) is 9.59 Å².